The fourth-order valence-electron chi connectivity index (χ4n) is 2.97. The van der Waals surface area contributed by atoms with E-state index in [0.717, 1.165) is 5.69 Å². The average Bonchev–Trinajstić information content (AvgIpc) is 3.52. The lowest BCUT2D eigenvalue weighted by Crippen LogP contribution is -2.48. The Morgan fingerprint density at radius 1 is 0.795 bits per heavy atom. The molecule has 15 nitrogen and oxygen atoms in total. The van der Waals surface area contributed by atoms with Crippen molar-refractivity contribution in [1.82, 2.24) is 25.3 Å². The molecule has 2 aromatic heterocycles. The summed E-state index contributed by atoms with van der Waals surface area (Å²) in [7, 11) is 0. The minimum atomic E-state index is -1.33. The normalized spacial score (nSPS) is 12.8. The Kier molecular flexibility index (Phi) is 16.3. The van der Waals surface area contributed by atoms with Gasteiger partial charge in [0.2, 0.25) is 5.78 Å². The number of ketones is 1. The molecule has 0 aliphatic heterocycles. The van der Waals surface area contributed by atoms with Crippen LogP contribution < -0.4 is 11.1 Å². The van der Waals surface area contributed by atoms with E-state index in [9.17, 15) is 24.0 Å². The molecule has 2 aromatic rings. The van der Waals surface area contributed by atoms with Crippen LogP contribution in [0, 0.1) is 11.8 Å². The third kappa shape index (κ3) is 16.4. The van der Waals surface area contributed by atoms with Gasteiger partial charge in [-0.3, -0.25) is 24.5 Å². The number of aromatic nitrogens is 4. The zero-order valence-corrected chi connectivity index (χ0v) is 22.3. The van der Waals surface area contributed by atoms with E-state index in [0.29, 0.717) is 12.1 Å². The van der Waals surface area contributed by atoms with Crippen molar-refractivity contribution in [2.45, 2.75) is 71.5 Å². The summed E-state index contributed by atoms with van der Waals surface area (Å²) < 4.78 is 0. The molecule has 2 heterocycles. The monoisotopic (exact) mass is 554 g/mol. The van der Waals surface area contributed by atoms with E-state index < -0.39 is 47.8 Å². The molecule has 0 saturated heterocycles. The molecule has 218 valence electrons. The van der Waals surface area contributed by atoms with Crippen LogP contribution in [0.2, 0.25) is 0 Å². The van der Waals surface area contributed by atoms with Crippen LogP contribution in [0.15, 0.2) is 25.0 Å². The maximum atomic E-state index is 11.2. The van der Waals surface area contributed by atoms with Crippen LogP contribution in [0.4, 0.5) is 0 Å². The first-order chi connectivity index (χ1) is 18.1. The summed E-state index contributed by atoms with van der Waals surface area (Å²) in [5, 5.41) is 37.4. The van der Waals surface area contributed by atoms with E-state index in [1.54, 1.807) is 20.0 Å². The lowest BCUT2D eigenvalue weighted by molar-refractivity contribution is -0.149. The van der Waals surface area contributed by atoms with Gasteiger partial charge in [-0.2, -0.15) is 0 Å². The van der Waals surface area contributed by atoms with E-state index in [4.69, 9.17) is 26.2 Å². The van der Waals surface area contributed by atoms with Crippen molar-refractivity contribution < 1.29 is 44.4 Å². The van der Waals surface area contributed by atoms with Crippen molar-refractivity contribution >= 4 is 29.7 Å². The van der Waals surface area contributed by atoms with Crippen LogP contribution in [-0.4, -0.2) is 88.1 Å². The summed E-state index contributed by atoms with van der Waals surface area (Å²) in [6, 6.07) is -2.68. The van der Waals surface area contributed by atoms with Gasteiger partial charge in [-0.05, 0) is 18.3 Å². The average molecular weight is 555 g/mol. The molecule has 0 aromatic carbocycles. The van der Waals surface area contributed by atoms with Crippen molar-refractivity contribution in [3.63, 3.8) is 0 Å². The fraction of sp³-hybridized carbons (Fsp3) is 0.542. The number of imidazole rings is 2. The molecular formula is C24H38N6O9. The van der Waals surface area contributed by atoms with E-state index >= 15 is 0 Å². The number of carbonyl (C=O) groups is 5. The molecule has 2 rings (SSSR count). The smallest absolute Gasteiger partial charge is 0.372 e. The van der Waals surface area contributed by atoms with Crippen molar-refractivity contribution in [3.8, 4) is 0 Å². The van der Waals surface area contributed by atoms with Gasteiger partial charge in [0.25, 0.3) is 0 Å². The lowest BCUT2D eigenvalue weighted by atomic mass is 10.0. The highest BCUT2D eigenvalue weighted by molar-refractivity contribution is 6.32. The number of rotatable bonds is 14. The quantitative estimate of drug-likeness (QED) is 0.148. The van der Waals surface area contributed by atoms with Crippen molar-refractivity contribution in [2.75, 3.05) is 0 Å². The molecule has 1 unspecified atom stereocenters. The molecule has 0 aliphatic carbocycles. The third-order valence-electron chi connectivity index (χ3n) is 4.83. The van der Waals surface area contributed by atoms with Crippen LogP contribution >= 0.6 is 0 Å². The van der Waals surface area contributed by atoms with Gasteiger partial charge < -0.3 is 36.1 Å². The number of carboxylic acids is 4. The first kappa shape index (κ1) is 34.9. The fourth-order valence-corrected chi connectivity index (χ4v) is 2.97. The minimum Gasteiger partial charge on any atom is -0.480 e. The number of aromatic amines is 2. The first-order valence-electron chi connectivity index (χ1n) is 12.0. The summed E-state index contributed by atoms with van der Waals surface area (Å²) in [6.07, 6.45) is 6.99. The van der Waals surface area contributed by atoms with E-state index in [1.807, 2.05) is 13.8 Å². The number of nitrogens with one attached hydrogen (secondary N) is 3. The Balaban J connectivity index is 0.000000612. The zero-order chi connectivity index (χ0) is 30.1. The van der Waals surface area contributed by atoms with Gasteiger partial charge in [0.1, 0.15) is 18.1 Å². The zero-order valence-electron chi connectivity index (χ0n) is 22.3. The van der Waals surface area contributed by atoms with E-state index in [-0.39, 0.29) is 31.1 Å². The number of Topliss-reactive ketones (excluding diaryl/α,β-unsaturated/α-hetero) is 1. The third-order valence-corrected chi connectivity index (χ3v) is 4.83. The molecule has 9 N–H and O–H groups in total. The van der Waals surface area contributed by atoms with Gasteiger partial charge in [-0.25, -0.2) is 14.8 Å². The standard InChI is InChI=1S/C12H19N3O4.C6H9N3O2.C6H10O3/c1-7(2)3-9(11(16)17)15-10(12(18)19)4-8-5-13-6-14-8;7-5(6(10)11)1-4-2-8-3-9-4;1-4(2)3-5(7)6(8)9/h5-7,9-10,15H,3-4H2,1-2H3,(H,13,14)(H,16,17)(H,18,19);2-3,5H,1,7H2,(H,8,9)(H,10,11);4H,3H2,1-2H3,(H,8,9)/t9?,10-;5-;/m00./s1. The first-order valence-corrected chi connectivity index (χ1v) is 12.0. The molecule has 0 bridgehead atoms. The Morgan fingerprint density at radius 2 is 1.28 bits per heavy atom. The molecule has 15 heteroatoms. The Bertz CT molecular complexity index is 1020. The predicted octanol–water partition coefficient (Wildman–Crippen LogP) is 0.545. The van der Waals surface area contributed by atoms with Crippen molar-refractivity contribution in [2.24, 2.45) is 17.6 Å². The highest BCUT2D eigenvalue weighted by Crippen LogP contribution is 2.08. The summed E-state index contributed by atoms with van der Waals surface area (Å²) in [4.78, 5) is 65.9. The molecule has 0 saturated carbocycles. The van der Waals surface area contributed by atoms with Gasteiger partial charge in [0, 0.05) is 43.0 Å². The topological polar surface area (TPSA) is 262 Å². The number of H-pyrrole nitrogens is 2. The second-order valence-corrected chi connectivity index (χ2v) is 9.41. The number of hydrogen-bond donors (Lipinski definition) is 8. The van der Waals surface area contributed by atoms with Crippen molar-refractivity contribution in [1.29, 1.82) is 0 Å². The highest BCUT2D eigenvalue weighted by atomic mass is 16.4. The summed E-state index contributed by atoms with van der Waals surface area (Å²) in [5.41, 5.74) is 6.64. The van der Waals surface area contributed by atoms with E-state index in [1.165, 1.54) is 18.9 Å². The van der Waals surface area contributed by atoms with Crippen LogP contribution in [0.1, 0.15) is 51.9 Å². The molecule has 0 aliphatic rings. The van der Waals surface area contributed by atoms with Gasteiger partial charge in [0.15, 0.2) is 0 Å². The van der Waals surface area contributed by atoms with Gasteiger partial charge in [-0.1, -0.05) is 27.7 Å². The molecule has 0 spiro atoms. The SMILES string of the molecule is CC(C)CC(=O)C(=O)O.CC(C)CC(N[C@@H](Cc1cnc[nH]1)C(=O)O)C(=O)O.N[C@@H](Cc1cnc[nH]1)C(=O)O. The number of aliphatic carboxylic acids is 4. The number of hydrogen-bond acceptors (Lipinski definition) is 9. The molecule has 0 radical (unpaired) electrons. The second-order valence-electron chi connectivity index (χ2n) is 9.41. The largest absolute Gasteiger partial charge is 0.480 e. The lowest BCUT2D eigenvalue weighted by Gasteiger charge is -2.21. The van der Waals surface area contributed by atoms with Crippen molar-refractivity contribution in [3.05, 3.63) is 36.4 Å². The highest BCUT2D eigenvalue weighted by Gasteiger charge is 2.27. The second kappa shape index (κ2) is 18.2. The number of nitrogens with zero attached hydrogens (tertiary/aromatic N) is 2. The van der Waals surface area contributed by atoms with Gasteiger partial charge in [0.05, 0.1) is 12.7 Å². The molecule has 3 atom stereocenters. The summed E-state index contributed by atoms with van der Waals surface area (Å²) in [5.74, 6) is -4.86. The summed E-state index contributed by atoms with van der Waals surface area (Å²) >= 11 is 0. The van der Waals surface area contributed by atoms with Crippen LogP contribution in [-0.2, 0) is 36.8 Å². The maximum Gasteiger partial charge on any atom is 0.372 e. The maximum absolute atomic E-state index is 11.2. The predicted molar refractivity (Wildman–Crippen MR) is 138 cm³/mol. The van der Waals surface area contributed by atoms with Gasteiger partial charge >= 0.3 is 23.9 Å². The Labute approximate surface area is 225 Å². The number of carbonyl (C=O) groups excluding carboxylic acids is 1. The van der Waals surface area contributed by atoms with E-state index in [2.05, 4.69) is 25.3 Å². The minimum absolute atomic E-state index is 0.133. The molecule has 0 fully saturated rings. The summed E-state index contributed by atoms with van der Waals surface area (Å²) in [6.45, 7) is 7.40. The Hall–Kier alpha value is -4.11. The van der Waals surface area contributed by atoms with Crippen LogP contribution in [0.25, 0.3) is 0 Å². The number of carboxylic acid groups (broad SMARTS) is 4. The molecular weight excluding hydrogens is 516 g/mol. The van der Waals surface area contributed by atoms with Crippen LogP contribution in [0.3, 0.4) is 0 Å². The molecule has 0 amide bonds. The van der Waals surface area contributed by atoms with Crippen LogP contribution in [0.5, 0.6) is 0 Å². The number of nitrogens with two attached hydrogens (primary N) is 1. The van der Waals surface area contributed by atoms with Gasteiger partial charge in [-0.15, -0.1) is 0 Å². The molecule has 39 heavy (non-hydrogen) atoms. The Morgan fingerprint density at radius 3 is 1.59 bits per heavy atom.